The highest BCUT2D eigenvalue weighted by Crippen LogP contribution is 2.54. The van der Waals surface area contributed by atoms with Crippen molar-refractivity contribution >= 4 is 11.7 Å². The molecule has 1 fully saturated rings. The maximum Gasteiger partial charge on any atom is 0.304 e. The number of carboxylic acid groups (broad SMARTS) is 1. The van der Waals surface area contributed by atoms with E-state index in [4.69, 9.17) is 19.3 Å². The van der Waals surface area contributed by atoms with E-state index in [0.717, 1.165) is 70.5 Å². The fourth-order valence-corrected chi connectivity index (χ4v) is 6.71. The molecule has 5 heterocycles. The number of carboxylic acids is 1. The predicted molar refractivity (Wildman–Crippen MR) is 159 cm³/mol. The third-order valence-electron chi connectivity index (χ3n) is 9.04. The Hall–Kier alpha value is -3.91. The Kier molecular flexibility index (Phi) is 7.90. The number of carbonyl (C=O) groups is 1. The van der Waals surface area contributed by atoms with Crippen LogP contribution in [0.3, 0.4) is 0 Å². The van der Waals surface area contributed by atoms with Gasteiger partial charge in [0.2, 0.25) is 6.04 Å². The van der Waals surface area contributed by atoms with Gasteiger partial charge in [-0.05, 0) is 78.2 Å². The number of aliphatic carboxylic acids is 1. The van der Waals surface area contributed by atoms with Crippen molar-refractivity contribution in [3.63, 3.8) is 0 Å². The van der Waals surface area contributed by atoms with Crippen LogP contribution in [0, 0.1) is 13.8 Å². The van der Waals surface area contributed by atoms with Gasteiger partial charge in [-0.25, -0.2) is 0 Å². The molecule has 5 aliphatic rings. The summed E-state index contributed by atoms with van der Waals surface area (Å²) in [6.45, 7) is 6.01. The maximum atomic E-state index is 12.1. The lowest BCUT2D eigenvalue weighted by Gasteiger charge is -2.21. The molecule has 220 valence electrons. The molecular formula is C34H40N3O5+. The number of nitrogens with zero attached hydrogens (tertiary/aromatic N) is 2. The van der Waals surface area contributed by atoms with Gasteiger partial charge in [0.15, 0.2) is 11.5 Å². The first-order valence-corrected chi connectivity index (χ1v) is 14.9. The van der Waals surface area contributed by atoms with Crippen molar-refractivity contribution < 1.29 is 28.8 Å². The molecule has 0 amide bonds. The minimum absolute atomic E-state index is 0.0229. The van der Waals surface area contributed by atoms with Gasteiger partial charge in [0.25, 0.3) is 6.04 Å². The van der Waals surface area contributed by atoms with E-state index in [9.17, 15) is 9.90 Å². The molecule has 0 radical (unpaired) electrons. The third-order valence-corrected chi connectivity index (χ3v) is 9.04. The average molecular weight is 571 g/mol. The molecule has 3 unspecified atom stereocenters. The Balaban J connectivity index is 1.35. The third kappa shape index (κ3) is 5.36. The van der Waals surface area contributed by atoms with Gasteiger partial charge in [0.1, 0.15) is 11.4 Å². The van der Waals surface area contributed by atoms with E-state index < -0.39 is 5.97 Å². The average Bonchev–Trinajstić information content (AvgIpc) is 3.50. The minimum Gasteiger partial charge on any atom is -0.493 e. The zero-order valence-electron chi connectivity index (χ0n) is 24.9. The lowest BCUT2D eigenvalue weighted by Crippen LogP contribution is -2.16. The van der Waals surface area contributed by atoms with E-state index >= 15 is 0 Å². The number of hydrogen-bond acceptors (Lipinski definition) is 6. The second kappa shape index (κ2) is 11.8. The van der Waals surface area contributed by atoms with Crippen LogP contribution in [0.25, 0.3) is 0 Å². The van der Waals surface area contributed by atoms with Gasteiger partial charge < -0.3 is 24.6 Å². The van der Waals surface area contributed by atoms with E-state index in [1.54, 1.807) is 14.2 Å². The number of nitrogens with one attached hydrogen (secondary N) is 1. The van der Waals surface area contributed by atoms with Crippen molar-refractivity contribution in [2.75, 3.05) is 20.8 Å². The van der Waals surface area contributed by atoms with Crippen LogP contribution in [-0.2, 0) is 17.9 Å². The lowest BCUT2D eigenvalue weighted by atomic mass is 9.83. The molecule has 8 heteroatoms. The van der Waals surface area contributed by atoms with E-state index in [-0.39, 0.29) is 12.3 Å². The molecule has 10 bridgehead atoms. The summed E-state index contributed by atoms with van der Waals surface area (Å²) in [4.78, 5) is 12.1. The quantitative estimate of drug-likeness (QED) is 0.268. The summed E-state index contributed by atoms with van der Waals surface area (Å²) in [5, 5.41) is 18.5. The van der Waals surface area contributed by atoms with Gasteiger partial charge in [-0.3, -0.25) is 4.79 Å². The van der Waals surface area contributed by atoms with Crippen LogP contribution < -0.4 is 19.5 Å². The monoisotopic (exact) mass is 570 g/mol. The van der Waals surface area contributed by atoms with Crippen LogP contribution in [0.5, 0.6) is 17.2 Å². The molecule has 8 nitrogen and oxygen atoms in total. The molecule has 0 spiro atoms. The van der Waals surface area contributed by atoms with Crippen LogP contribution in [0.1, 0.15) is 83.0 Å². The first-order valence-electron chi connectivity index (χ1n) is 14.9. The Bertz CT molecular complexity index is 1550. The van der Waals surface area contributed by atoms with Crippen LogP contribution in [-0.4, -0.2) is 42.6 Å². The fraction of sp³-hybridized carbons (Fsp3) is 0.441. The number of methoxy groups -OCH3 is 2. The molecule has 42 heavy (non-hydrogen) atoms. The van der Waals surface area contributed by atoms with Crippen LogP contribution in [0.15, 0.2) is 47.6 Å². The summed E-state index contributed by atoms with van der Waals surface area (Å²) in [6, 6.07) is 15.4. The van der Waals surface area contributed by atoms with Gasteiger partial charge in [0.05, 0.1) is 32.8 Å². The van der Waals surface area contributed by atoms with Crippen molar-refractivity contribution in [1.29, 1.82) is 0 Å². The Morgan fingerprint density at radius 2 is 1.83 bits per heavy atom. The molecule has 0 aliphatic carbocycles. The number of rotatable bonds is 4. The second-order valence-electron chi connectivity index (χ2n) is 11.7. The molecule has 3 aromatic rings. The molecule has 5 aliphatic heterocycles. The van der Waals surface area contributed by atoms with Crippen LogP contribution >= 0.6 is 0 Å². The maximum absolute atomic E-state index is 12.1. The number of hydrogen-bond donors (Lipinski definition) is 2. The Morgan fingerprint density at radius 1 is 1.02 bits per heavy atom. The van der Waals surface area contributed by atoms with Crippen molar-refractivity contribution in [3.05, 3.63) is 81.4 Å². The topological polar surface area (TPSA) is 92.4 Å². The SMILES string of the molecule is COc1cc2cc(c1OC)CNCc1cc(ccc1C)C(CC(=O)O)c1ccc3c(c1C)N=[N+]1C(CCCCCO2)C31. The highest BCUT2D eigenvalue weighted by molar-refractivity contribution is 5.70. The lowest BCUT2D eigenvalue weighted by molar-refractivity contribution is -0.451. The summed E-state index contributed by atoms with van der Waals surface area (Å²) in [5.74, 6) is 1.04. The highest BCUT2D eigenvalue weighted by Gasteiger charge is 2.63. The van der Waals surface area contributed by atoms with Gasteiger partial charge in [-0.2, -0.15) is 0 Å². The number of azo groups is 2. The van der Waals surface area contributed by atoms with Crippen molar-refractivity contribution in [2.45, 2.75) is 77.0 Å². The number of fused-ring (bicyclic) bond motifs is 1. The first-order chi connectivity index (χ1) is 20.4. The van der Waals surface area contributed by atoms with E-state index in [0.29, 0.717) is 43.3 Å². The molecule has 3 atom stereocenters. The summed E-state index contributed by atoms with van der Waals surface area (Å²) >= 11 is 0. The van der Waals surface area contributed by atoms with Gasteiger partial charge >= 0.3 is 5.97 Å². The summed E-state index contributed by atoms with van der Waals surface area (Å²) in [6.07, 6.45) is 4.33. The van der Waals surface area contributed by atoms with Crippen molar-refractivity contribution in [1.82, 2.24) is 5.32 Å². The van der Waals surface area contributed by atoms with E-state index in [1.807, 2.05) is 12.1 Å². The molecule has 1 saturated heterocycles. The summed E-state index contributed by atoms with van der Waals surface area (Å²) in [5.41, 5.74) is 8.67. The first kappa shape index (κ1) is 28.2. The predicted octanol–water partition coefficient (Wildman–Crippen LogP) is 6.70. The molecule has 2 N–H and O–H groups in total. The summed E-state index contributed by atoms with van der Waals surface area (Å²) < 4.78 is 19.7. The molecule has 0 aromatic heterocycles. The van der Waals surface area contributed by atoms with Crippen molar-refractivity contribution in [3.8, 4) is 17.2 Å². The number of aryl methyl sites for hydroxylation is 1. The molecule has 8 rings (SSSR count). The highest BCUT2D eigenvalue weighted by atomic mass is 16.5. The van der Waals surface area contributed by atoms with Crippen LogP contribution in [0.4, 0.5) is 5.69 Å². The molecule has 0 saturated carbocycles. The summed E-state index contributed by atoms with van der Waals surface area (Å²) in [7, 11) is 3.30. The zero-order valence-corrected chi connectivity index (χ0v) is 24.9. The van der Waals surface area contributed by atoms with Crippen molar-refractivity contribution in [2.24, 2.45) is 5.11 Å². The van der Waals surface area contributed by atoms with Gasteiger partial charge in [-0.15, -0.1) is 0 Å². The standard InChI is InChI=1S/C34H39N3O5/c1-20-9-10-22-14-23(20)18-35-19-24-15-25(16-30(40-3)34(24)41-4)42-13-7-5-6-8-29-33-27-12-11-26(28(22)17-31(38)39)21(2)32(27)36-37(29)33/h9-12,14-16,28-29,33,35H,5-8,13,17-19H2,1-4H3/p+1. The molecule has 3 aromatic carbocycles. The van der Waals surface area contributed by atoms with E-state index in [1.165, 1.54) is 5.56 Å². The van der Waals surface area contributed by atoms with Gasteiger partial charge in [-0.1, -0.05) is 29.0 Å². The minimum atomic E-state index is -0.812. The Morgan fingerprint density at radius 3 is 2.62 bits per heavy atom. The smallest absolute Gasteiger partial charge is 0.304 e. The zero-order chi connectivity index (χ0) is 29.4. The largest absolute Gasteiger partial charge is 0.493 e. The second-order valence-corrected chi connectivity index (χ2v) is 11.7. The van der Waals surface area contributed by atoms with Gasteiger partial charge in [0, 0.05) is 37.1 Å². The Labute approximate surface area is 247 Å². The number of benzene rings is 3. The van der Waals surface area contributed by atoms with Crippen LogP contribution in [0.2, 0.25) is 0 Å². The number of ether oxygens (including phenoxy) is 3. The molecular weight excluding hydrogens is 530 g/mol. The fourth-order valence-electron chi connectivity index (χ4n) is 6.71. The van der Waals surface area contributed by atoms with E-state index in [2.05, 4.69) is 54.2 Å². The normalized spacial score (nSPS) is 21.4.